The summed E-state index contributed by atoms with van der Waals surface area (Å²) in [5.41, 5.74) is 24.6. The second kappa shape index (κ2) is 24.7. The van der Waals surface area contributed by atoms with Crippen LogP contribution in [0, 0.1) is 13.8 Å². The predicted octanol–water partition coefficient (Wildman–Crippen LogP) is 29.0. The van der Waals surface area contributed by atoms with Gasteiger partial charge in [-0.25, -0.2) is 0 Å². The van der Waals surface area contributed by atoms with Crippen molar-refractivity contribution in [1.29, 1.82) is 0 Å². The number of fused-ring (bicyclic) bond motifs is 18. The molecule has 0 atom stereocenters. The number of benzene rings is 16. The van der Waals surface area contributed by atoms with E-state index in [4.69, 9.17) is 8.83 Å². The van der Waals surface area contributed by atoms with Gasteiger partial charge in [0.1, 0.15) is 22.3 Å². The second-order valence-electron chi connectivity index (χ2n) is 27.6. The Morgan fingerprint density at radius 1 is 0.245 bits per heavy atom. The molecule has 22 aromatic rings. The minimum Gasteiger partial charge on any atom is -0.456 e. The molecule has 6 aromatic heterocycles. The molecule has 0 spiro atoms. The summed E-state index contributed by atoms with van der Waals surface area (Å²) in [5.74, 6) is 0. The second-order valence-corrected chi connectivity index (χ2v) is 29.8. The molecule has 0 fully saturated rings. The van der Waals surface area contributed by atoms with Crippen molar-refractivity contribution in [3.63, 3.8) is 0 Å². The van der Waals surface area contributed by atoms with Crippen LogP contribution >= 0.6 is 22.7 Å². The first-order chi connectivity index (χ1) is 52.4. The first-order valence-electron chi connectivity index (χ1n) is 36.0. The van der Waals surface area contributed by atoms with E-state index in [0.717, 1.165) is 78.0 Å². The van der Waals surface area contributed by atoms with Crippen LogP contribution in [0.5, 0.6) is 0 Å². The van der Waals surface area contributed by atoms with Crippen molar-refractivity contribution < 1.29 is 8.83 Å². The first-order valence-corrected chi connectivity index (χ1v) is 37.6. The zero-order valence-corrected chi connectivity index (χ0v) is 59.5. The van der Waals surface area contributed by atoms with Crippen molar-refractivity contribution in [3.8, 4) is 33.6 Å². The Hall–Kier alpha value is -13.2. The van der Waals surface area contributed by atoms with Crippen molar-refractivity contribution in [1.82, 2.24) is 9.13 Å². The first kappa shape index (κ1) is 61.4. The Bertz CT molecular complexity index is 7220. The van der Waals surface area contributed by atoms with Crippen LogP contribution in [0.15, 0.2) is 361 Å². The number of furan rings is 2. The monoisotopic (exact) mass is 1390 g/mol. The fourth-order valence-corrected chi connectivity index (χ4v) is 18.6. The lowest BCUT2D eigenvalue weighted by atomic mass is 10.0. The highest BCUT2D eigenvalue weighted by Gasteiger charge is 2.25. The molecule has 22 rings (SSSR count). The minimum atomic E-state index is 0.880. The van der Waals surface area contributed by atoms with Crippen LogP contribution in [0.4, 0.5) is 34.1 Å². The molecule has 0 aliphatic rings. The van der Waals surface area contributed by atoms with Crippen molar-refractivity contribution in [2.75, 3.05) is 9.80 Å². The number of aryl methyl sites for hydroxylation is 2. The Balaban J connectivity index is 0.000000136. The molecule has 0 amide bonds. The van der Waals surface area contributed by atoms with E-state index in [1.165, 1.54) is 129 Å². The Morgan fingerprint density at radius 2 is 0.632 bits per heavy atom. The molecule has 0 bridgehead atoms. The molecule has 8 heteroatoms. The average Bonchev–Trinajstić information content (AvgIpc) is 1.57. The Morgan fingerprint density at radius 3 is 1.18 bits per heavy atom. The van der Waals surface area contributed by atoms with Crippen molar-refractivity contribution >= 4 is 185 Å². The molecule has 0 radical (unpaired) electrons. The smallest absolute Gasteiger partial charge is 0.137 e. The number of nitrogens with zero attached hydrogens (tertiary/aromatic N) is 4. The van der Waals surface area contributed by atoms with Crippen molar-refractivity contribution in [2.45, 2.75) is 13.8 Å². The zero-order chi connectivity index (χ0) is 70.1. The van der Waals surface area contributed by atoms with Gasteiger partial charge in [-0.15, -0.1) is 22.7 Å². The van der Waals surface area contributed by atoms with Crippen LogP contribution in [-0.4, -0.2) is 9.13 Å². The zero-order valence-electron chi connectivity index (χ0n) is 57.9. The van der Waals surface area contributed by atoms with E-state index >= 15 is 0 Å². The standard InChI is InChI=1S/2C49H32N2OS/c1-31-20-25-34(26-21-31)50-41-14-5-2-10-36(41)40-30-33(24-29-42(40)50)32-22-27-35(28-23-32)51(43-15-9-18-46-48(43)39-12-3-6-17-45(39)52-46)44-16-8-13-38-37-11-4-7-19-47(37)53-49(38)44;1-31-17-22-35(23-18-31)51-42-12-5-2-9-37(42)40-29-33(21-27-43(40)51)32-19-24-34(25-20-32)50(36-26-28-48-41(30-36)38-10-4-7-16-47(38)53-48)44-13-8-15-46-49(44)39-11-3-6-14-45(39)52-46/h2*2-30H,1H3. The lowest BCUT2D eigenvalue weighted by Gasteiger charge is -2.27. The van der Waals surface area contributed by atoms with Crippen LogP contribution in [0.25, 0.3) is 161 Å². The van der Waals surface area contributed by atoms with Gasteiger partial charge < -0.3 is 27.8 Å². The Labute approximate surface area is 618 Å². The maximum absolute atomic E-state index is 6.40. The van der Waals surface area contributed by atoms with Crippen LogP contribution in [0.1, 0.15) is 11.1 Å². The maximum Gasteiger partial charge on any atom is 0.137 e. The van der Waals surface area contributed by atoms with Gasteiger partial charge in [0.05, 0.1) is 54.6 Å². The van der Waals surface area contributed by atoms with Crippen LogP contribution in [0.3, 0.4) is 0 Å². The molecule has 0 aliphatic heterocycles. The molecule has 6 heterocycles. The third-order valence-electron chi connectivity index (χ3n) is 21.3. The number of anilines is 6. The SMILES string of the molecule is Cc1ccc(-n2c3ccccc3c3cc(-c4ccc(N(c5ccc6sc7ccccc7c6c5)c5cccc6oc7ccccc7c56)cc4)ccc32)cc1.Cc1ccc(-n2c3ccccc3c3cc(-c4ccc(N(c5cccc6c5sc5ccccc56)c5cccc6oc7ccccc7c56)cc4)ccc32)cc1. The number of hydrogen-bond donors (Lipinski definition) is 0. The maximum atomic E-state index is 6.40. The predicted molar refractivity (Wildman–Crippen MR) is 452 cm³/mol. The lowest BCUT2D eigenvalue weighted by Crippen LogP contribution is -2.10. The highest BCUT2D eigenvalue weighted by Crippen LogP contribution is 2.50. The lowest BCUT2D eigenvalue weighted by molar-refractivity contribution is 0.668. The van der Waals surface area contributed by atoms with Crippen LogP contribution in [0.2, 0.25) is 0 Å². The third-order valence-corrected chi connectivity index (χ3v) is 23.7. The molecule has 6 nitrogen and oxygen atoms in total. The van der Waals surface area contributed by atoms with Gasteiger partial charge in [-0.1, -0.05) is 205 Å². The summed E-state index contributed by atoms with van der Waals surface area (Å²) in [6.07, 6.45) is 0. The molecule has 0 aliphatic carbocycles. The third kappa shape index (κ3) is 10.0. The highest BCUT2D eigenvalue weighted by molar-refractivity contribution is 7.26. The van der Waals surface area contributed by atoms with Gasteiger partial charge in [-0.3, -0.25) is 0 Å². The van der Waals surface area contributed by atoms with E-state index in [0.29, 0.717) is 0 Å². The van der Waals surface area contributed by atoms with Crippen molar-refractivity contribution in [2.24, 2.45) is 0 Å². The molecule has 500 valence electrons. The van der Waals surface area contributed by atoms with Gasteiger partial charge in [0.15, 0.2) is 0 Å². The van der Waals surface area contributed by atoms with Crippen LogP contribution < -0.4 is 9.80 Å². The van der Waals surface area contributed by atoms with Gasteiger partial charge in [-0.05, 0) is 194 Å². The molecule has 106 heavy (non-hydrogen) atoms. The van der Waals surface area contributed by atoms with Gasteiger partial charge in [0.25, 0.3) is 0 Å². The van der Waals surface area contributed by atoms with Crippen molar-refractivity contribution in [3.05, 3.63) is 363 Å². The van der Waals surface area contributed by atoms with E-state index in [1.54, 1.807) is 0 Å². The fraction of sp³-hybridized carbons (Fsp3) is 0.0204. The number of thiophene rings is 2. The van der Waals surface area contributed by atoms with Gasteiger partial charge in [-0.2, -0.15) is 0 Å². The largest absolute Gasteiger partial charge is 0.456 e. The number of hydrogen-bond acceptors (Lipinski definition) is 6. The van der Waals surface area contributed by atoms with E-state index in [2.05, 4.69) is 372 Å². The van der Waals surface area contributed by atoms with E-state index in [1.807, 2.05) is 34.8 Å². The van der Waals surface area contributed by atoms with E-state index in [9.17, 15) is 0 Å². The van der Waals surface area contributed by atoms with Crippen LogP contribution in [-0.2, 0) is 0 Å². The van der Waals surface area contributed by atoms with E-state index < -0.39 is 0 Å². The fourth-order valence-electron chi connectivity index (χ4n) is 16.3. The minimum absolute atomic E-state index is 0.880. The van der Waals surface area contributed by atoms with Gasteiger partial charge in [0, 0.05) is 96.4 Å². The molecule has 0 saturated carbocycles. The summed E-state index contributed by atoms with van der Waals surface area (Å²) in [4.78, 5) is 4.81. The molecule has 0 saturated heterocycles. The molecular weight excluding hydrogens is 1330 g/mol. The quantitative estimate of drug-likeness (QED) is 0.137. The molecule has 16 aromatic carbocycles. The summed E-state index contributed by atoms with van der Waals surface area (Å²) in [5, 5.41) is 14.6. The topological polar surface area (TPSA) is 42.6 Å². The van der Waals surface area contributed by atoms with Gasteiger partial charge in [0.2, 0.25) is 0 Å². The Kier molecular flexibility index (Phi) is 14.3. The normalized spacial score (nSPS) is 11.9. The number of rotatable bonds is 10. The molecular formula is C98H64N4O2S2. The number of para-hydroxylation sites is 4. The molecule has 0 N–H and O–H groups in total. The molecule has 0 unspecified atom stereocenters. The van der Waals surface area contributed by atoms with E-state index in [-0.39, 0.29) is 0 Å². The average molecular weight is 1390 g/mol. The summed E-state index contributed by atoms with van der Waals surface area (Å²) >= 11 is 3.70. The highest BCUT2D eigenvalue weighted by atomic mass is 32.1. The summed E-state index contributed by atoms with van der Waals surface area (Å²) < 4.78 is 22.7. The number of aromatic nitrogens is 2. The summed E-state index contributed by atoms with van der Waals surface area (Å²) in [6, 6.07) is 127. The summed E-state index contributed by atoms with van der Waals surface area (Å²) in [7, 11) is 0. The summed E-state index contributed by atoms with van der Waals surface area (Å²) in [6.45, 7) is 4.27. The van der Waals surface area contributed by atoms with Gasteiger partial charge >= 0.3 is 0 Å².